The molecule has 0 aliphatic rings. The summed E-state index contributed by atoms with van der Waals surface area (Å²) in [5.41, 5.74) is 3.79. The Hall–Kier alpha value is -0.830. The number of nitrogens with one attached hydrogen (secondary N) is 2. The van der Waals surface area contributed by atoms with E-state index in [2.05, 4.69) is 29.4 Å². The highest BCUT2D eigenvalue weighted by Crippen LogP contribution is 2.09. The van der Waals surface area contributed by atoms with E-state index >= 15 is 0 Å². The molecule has 68 valence electrons. The predicted molar refractivity (Wildman–Crippen MR) is 50.3 cm³/mol. The Morgan fingerprint density at radius 2 is 2.25 bits per heavy atom. The molecule has 2 N–H and O–H groups in total. The number of likely N-dealkylation sites (N-methyl/N-ethyl adjacent to an activating group) is 1. The summed E-state index contributed by atoms with van der Waals surface area (Å²) in [4.78, 5) is 0. The Morgan fingerprint density at radius 1 is 1.50 bits per heavy atom. The van der Waals surface area contributed by atoms with Crippen LogP contribution >= 0.6 is 0 Å². The van der Waals surface area contributed by atoms with E-state index in [1.54, 1.807) is 0 Å². The van der Waals surface area contributed by atoms with Gasteiger partial charge in [-0.1, -0.05) is 6.92 Å². The highest BCUT2D eigenvalue weighted by molar-refractivity contribution is 5.23. The first-order valence-electron chi connectivity index (χ1n) is 4.46. The highest BCUT2D eigenvalue weighted by Gasteiger charge is 2.05. The Kier molecular flexibility index (Phi) is 3.29. The zero-order chi connectivity index (χ0) is 8.97. The molecule has 12 heavy (non-hydrogen) atoms. The summed E-state index contributed by atoms with van der Waals surface area (Å²) in [5.74, 6) is 0. The molecule has 3 heteroatoms. The molecule has 0 aliphatic carbocycles. The van der Waals surface area contributed by atoms with Crippen LogP contribution in [0, 0.1) is 6.92 Å². The van der Waals surface area contributed by atoms with Crippen molar-refractivity contribution < 1.29 is 0 Å². The third-order valence-corrected chi connectivity index (χ3v) is 2.17. The predicted octanol–water partition coefficient (Wildman–Crippen LogP) is 1.04. The lowest BCUT2D eigenvalue weighted by atomic mass is 10.1. The van der Waals surface area contributed by atoms with Gasteiger partial charge < -0.3 is 5.32 Å². The van der Waals surface area contributed by atoms with Crippen LogP contribution in [0.15, 0.2) is 0 Å². The van der Waals surface area contributed by atoms with E-state index in [9.17, 15) is 0 Å². The van der Waals surface area contributed by atoms with Crippen LogP contribution in [0.25, 0.3) is 0 Å². The third kappa shape index (κ3) is 1.85. The maximum atomic E-state index is 4.23. The lowest BCUT2D eigenvalue weighted by molar-refractivity contribution is 0.769. The minimum atomic E-state index is 1.01. The van der Waals surface area contributed by atoms with Gasteiger partial charge in [-0.25, -0.2) is 0 Å². The van der Waals surface area contributed by atoms with Crippen LogP contribution < -0.4 is 5.32 Å². The fourth-order valence-electron chi connectivity index (χ4n) is 1.31. The third-order valence-electron chi connectivity index (χ3n) is 2.17. The average molecular weight is 167 g/mol. The molecule has 0 aromatic carbocycles. The van der Waals surface area contributed by atoms with E-state index in [1.807, 2.05) is 7.05 Å². The fraction of sp³-hybridized carbons (Fsp3) is 0.667. The highest BCUT2D eigenvalue weighted by atomic mass is 15.1. The van der Waals surface area contributed by atoms with Crippen LogP contribution in [0.4, 0.5) is 0 Å². The molecular formula is C9H17N3. The number of hydrogen-bond acceptors (Lipinski definition) is 2. The molecule has 1 heterocycles. The smallest absolute Gasteiger partial charge is 0.0651 e. The van der Waals surface area contributed by atoms with Crippen molar-refractivity contribution in [3.63, 3.8) is 0 Å². The van der Waals surface area contributed by atoms with Crippen molar-refractivity contribution in [3.8, 4) is 0 Å². The van der Waals surface area contributed by atoms with Gasteiger partial charge in [-0.2, -0.15) is 5.10 Å². The molecule has 0 saturated heterocycles. The number of aryl methyl sites for hydroxylation is 1. The van der Waals surface area contributed by atoms with Gasteiger partial charge in [0, 0.05) is 18.7 Å². The quantitative estimate of drug-likeness (QED) is 0.703. The Labute approximate surface area is 73.6 Å². The SMILES string of the molecule is CCc1n[nH]c(CCNC)c1C. The standard InChI is InChI=1S/C9H17N3/c1-4-8-7(2)9(12-11-8)5-6-10-3/h10H,4-6H2,1-3H3,(H,11,12). The first kappa shape index (κ1) is 9.26. The van der Waals surface area contributed by atoms with Crippen LogP contribution in [-0.4, -0.2) is 23.8 Å². The van der Waals surface area contributed by atoms with Crippen LogP contribution in [-0.2, 0) is 12.8 Å². The van der Waals surface area contributed by atoms with Gasteiger partial charge in [0.2, 0.25) is 0 Å². The number of aromatic nitrogens is 2. The van der Waals surface area contributed by atoms with Gasteiger partial charge >= 0.3 is 0 Å². The van der Waals surface area contributed by atoms with E-state index in [1.165, 1.54) is 17.0 Å². The molecule has 0 amide bonds. The van der Waals surface area contributed by atoms with Crippen molar-refractivity contribution in [3.05, 3.63) is 17.0 Å². The molecule has 1 aromatic heterocycles. The second-order valence-corrected chi connectivity index (χ2v) is 2.98. The molecule has 3 nitrogen and oxygen atoms in total. The zero-order valence-electron chi connectivity index (χ0n) is 8.07. The van der Waals surface area contributed by atoms with Gasteiger partial charge in [-0.05, 0) is 26.0 Å². The Morgan fingerprint density at radius 3 is 2.75 bits per heavy atom. The van der Waals surface area contributed by atoms with Crippen molar-refractivity contribution in [1.82, 2.24) is 15.5 Å². The molecular weight excluding hydrogens is 150 g/mol. The van der Waals surface area contributed by atoms with E-state index in [-0.39, 0.29) is 0 Å². The van der Waals surface area contributed by atoms with Gasteiger partial charge in [0.15, 0.2) is 0 Å². The second kappa shape index (κ2) is 4.26. The number of hydrogen-bond donors (Lipinski definition) is 2. The van der Waals surface area contributed by atoms with E-state index < -0.39 is 0 Å². The molecule has 1 aromatic rings. The van der Waals surface area contributed by atoms with Gasteiger partial charge in [-0.15, -0.1) is 0 Å². The molecule has 0 atom stereocenters. The van der Waals surface area contributed by atoms with Gasteiger partial charge in [-0.3, -0.25) is 5.10 Å². The molecule has 0 radical (unpaired) electrons. The maximum Gasteiger partial charge on any atom is 0.0651 e. The van der Waals surface area contributed by atoms with Crippen LogP contribution in [0.5, 0.6) is 0 Å². The second-order valence-electron chi connectivity index (χ2n) is 2.98. The summed E-state index contributed by atoms with van der Waals surface area (Å²) in [6.07, 6.45) is 2.05. The van der Waals surface area contributed by atoms with Gasteiger partial charge in [0.25, 0.3) is 0 Å². The van der Waals surface area contributed by atoms with Crippen molar-refractivity contribution in [2.45, 2.75) is 26.7 Å². The summed E-state index contributed by atoms with van der Waals surface area (Å²) in [5, 5.41) is 10.4. The minimum Gasteiger partial charge on any atom is -0.319 e. The molecule has 0 spiro atoms. The monoisotopic (exact) mass is 167 g/mol. The summed E-state index contributed by atoms with van der Waals surface area (Å²) in [6, 6.07) is 0. The summed E-state index contributed by atoms with van der Waals surface area (Å²) < 4.78 is 0. The van der Waals surface area contributed by atoms with Crippen molar-refractivity contribution in [2.75, 3.05) is 13.6 Å². The van der Waals surface area contributed by atoms with Gasteiger partial charge in [0.1, 0.15) is 0 Å². The molecule has 0 unspecified atom stereocenters. The van der Waals surface area contributed by atoms with E-state index in [4.69, 9.17) is 0 Å². The van der Waals surface area contributed by atoms with Crippen LogP contribution in [0.2, 0.25) is 0 Å². The fourth-order valence-corrected chi connectivity index (χ4v) is 1.31. The summed E-state index contributed by atoms with van der Waals surface area (Å²) in [6.45, 7) is 5.27. The lowest BCUT2D eigenvalue weighted by Crippen LogP contribution is -2.11. The maximum absolute atomic E-state index is 4.23. The lowest BCUT2D eigenvalue weighted by Gasteiger charge is -1.98. The Bertz CT molecular complexity index is 240. The van der Waals surface area contributed by atoms with E-state index in [0.717, 1.165) is 19.4 Å². The first-order chi connectivity index (χ1) is 5.79. The topological polar surface area (TPSA) is 40.7 Å². The molecule has 0 saturated carbocycles. The van der Waals surface area contributed by atoms with Crippen LogP contribution in [0.3, 0.4) is 0 Å². The zero-order valence-corrected chi connectivity index (χ0v) is 8.07. The molecule has 0 fully saturated rings. The number of H-pyrrole nitrogens is 1. The normalized spacial score (nSPS) is 10.6. The first-order valence-corrected chi connectivity index (χ1v) is 4.46. The molecule has 0 bridgehead atoms. The summed E-state index contributed by atoms with van der Waals surface area (Å²) in [7, 11) is 1.96. The minimum absolute atomic E-state index is 1.01. The van der Waals surface area contributed by atoms with Crippen molar-refractivity contribution in [1.29, 1.82) is 0 Å². The average Bonchev–Trinajstić information content (AvgIpc) is 2.43. The van der Waals surface area contributed by atoms with Crippen LogP contribution in [0.1, 0.15) is 23.9 Å². The molecule has 1 rings (SSSR count). The number of aromatic amines is 1. The Balaban J connectivity index is 2.66. The summed E-state index contributed by atoms with van der Waals surface area (Å²) >= 11 is 0. The van der Waals surface area contributed by atoms with E-state index in [0.29, 0.717) is 0 Å². The van der Waals surface area contributed by atoms with Crippen molar-refractivity contribution in [2.24, 2.45) is 0 Å². The number of rotatable bonds is 4. The van der Waals surface area contributed by atoms with Crippen molar-refractivity contribution >= 4 is 0 Å². The molecule has 0 aliphatic heterocycles. The number of nitrogens with zero attached hydrogens (tertiary/aromatic N) is 1. The largest absolute Gasteiger partial charge is 0.319 e. The van der Waals surface area contributed by atoms with Gasteiger partial charge in [0.05, 0.1) is 5.69 Å².